The lowest BCUT2D eigenvalue weighted by molar-refractivity contribution is -0.138. The molecule has 1 fully saturated rings. The Labute approximate surface area is 193 Å². The van der Waals surface area contributed by atoms with Crippen molar-refractivity contribution in [2.45, 2.75) is 25.7 Å². The Morgan fingerprint density at radius 2 is 1.65 bits per heavy atom. The minimum Gasteiger partial charge on any atom is -0.363 e. The summed E-state index contributed by atoms with van der Waals surface area (Å²) in [4.78, 5) is 28.2. The van der Waals surface area contributed by atoms with Crippen LogP contribution in [0.3, 0.4) is 0 Å². The van der Waals surface area contributed by atoms with Crippen molar-refractivity contribution in [2.75, 3.05) is 31.1 Å². The number of halogens is 4. The number of rotatable bonds is 6. The van der Waals surface area contributed by atoms with Gasteiger partial charge in [0.25, 0.3) is 5.56 Å². The van der Waals surface area contributed by atoms with Gasteiger partial charge in [-0.25, -0.2) is 9.18 Å². The maximum absolute atomic E-state index is 14.5. The lowest BCUT2D eigenvalue weighted by atomic mass is 10.1. The molecule has 180 valence electrons. The van der Waals surface area contributed by atoms with Gasteiger partial charge in [-0.2, -0.15) is 13.2 Å². The van der Waals surface area contributed by atoms with E-state index in [4.69, 9.17) is 0 Å². The smallest absolute Gasteiger partial charge is 0.363 e. The Bertz CT molecular complexity index is 1260. The Hall–Kier alpha value is -3.40. The van der Waals surface area contributed by atoms with Gasteiger partial charge in [0.05, 0.1) is 12.1 Å². The average Bonchev–Trinajstić information content (AvgIpc) is 2.82. The highest BCUT2D eigenvalue weighted by Crippen LogP contribution is 2.33. The SMILES string of the molecule is O=c1c(N2CCNCC2)cn(Cc2c(F)cccc2C(F)(F)F)c(=O)n1CCc1ccccc1. The van der Waals surface area contributed by atoms with Crippen LogP contribution in [0.1, 0.15) is 16.7 Å². The van der Waals surface area contributed by atoms with E-state index in [0.29, 0.717) is 32.6 Å². The van der Waals surface area contributed by atoms with Crippen molar-refractivity contribution >= 4 is 5.69 Å². The summed E-state index contributed by atoms with van der Waals surface area (Å²) in [6.45, 7) is 1.64. The molecule has 34 heavy (non-hydrogen) atoms. The van der Waals surface area contributed by atoms with Crippen LogP contribution < -0.4 is 21.5 Å². The van der Waals surface area contributed by atoms with E-state index in [9.17, 15) is 27.2 Å². The Morgan fingerprint density at radius 1 is 0.941 bits per heavy atom. The fourth-order valence-electron chi connectivity index (χ4n) is 4.11. The zero-order chi connectivity index (χ0) is 24.3. The maximum atomic E-state index is 14.5. The normalized spacial score (nSPS) is 14.4. The number of hydrogen-bond donors (Lipinski definition) is 1. The number of alkyl halides is 3. The summed E-state index contributed by atoms with van der Waals surface area (Å²) in [5, 5.41) is 3.17. The first-order valence-electron chi connectivity index (χ1n) is 10.9. The zero-order valence-corrected chi connectivity index (χ0v) is 18.3. The summed E-state index contributed by atoms with van der Waals surface area (Å²) in [5.41, 5.74) is -1.97. The first kappa shape index (κ1) is 23.7. The second kappa shape index (κ2) is 9.84. The minimum absolute atomic E-state index is 0.0466. The van der Waals surface area contributed by atoms with Gasteiger partial charge in [-0.3, -0.25) is 13.9 Å². The van der Waals surface area contributed by atoms with Crippen LogP contribution in [0.25, 0.3) is 0 Å². The maximum Gasteiger partial charge on any atom is 0.416 e. The summed E-state index contributed by atoms with van der Waals surface area (Å²) in [7, 11) is 0. The van der Waals surface area contributed by atoms with Crippen molar-refractivity contribution in [3.05, 3.63) is 98.1 Å². The molecule has 0 amide bonds. The number of benzene rings is 2. The van der Waals surface area contributed by atoms with E-state index in [1.54, 1.807) is 4.90 Å². The number of aryl methyl sites for hydroxylation is 1. The van der Waals surface area contributed by atoms with E-state index in [1.807, 2.05) is 30.3 Å². The fraction of sp³-hybridized carbons (Fsp3) is 0.333. The van der Waals surface area contributed by atoms with Crippen LogP contribution in [0.5, 0.6) is 0 Å². The van der Waals surface area contributed by atoms with Crippen LogP contribution >= 0.6 is 0 Å². The molecule has 1 aromatic heterocycles. The highest BCUT2D eigenvalue weighted by atomic mass is 19.4. The van der Waals surface area contributed by atoms with Gasteiger partial charge in [-0.05, 0) is 24.1 Å². The van der Waals surface area contributed by atoms with Gasteiger partial charge in [0, 0.05) is 44.5 Å². The molecule has 0 saturated carbocycles. The molecule has 0 aliphatic carbocycles. The zero-order valence-electron chi connectivity index (χ0n) is 18.3. The third kappa shape index (κ3) is 5.06. The molecular weight excluding hydrogens is 452 g/mol. The molecule has 1 aliphatic rings. The Morgan fingerprint density at radius 3 is 2.32 bits per heavy atom. The van der Waals surface area contributed by atoms with Crippen molar-refractivity contribution in [3.8, 4) is 0 Å². The topological polar surface area (TPSA) is 59.3 Å². The standard InChI is InChI=1S/C24H24F4N4O2/c25-20-8-4-7-19(24(26,27)28)18(20)15-31-16-21(30-13-10-29-11-14-30)22(33)32(23(31)34)12-9-17-5-2-1-3-6-17/h1-8,16,29H,9-15H2. The van der Waals surface area contributed by atoms with Crippen molar-refractivity contribution in [2.24, 2.45) is 0 Å². The van der Waals surface area contributed by atoms with Crippen LogP contribution in [0.15, 0.2) is 64.3 Å². The highest BCUT2D eigenvalue weighted by Gasteiger charge is 2.34. The third-order valence-electron chi connectivity index (χ3n) is 5.90. The highest BCUT2D eigenvalue weighted by molar-refractivity contribution is 5.43. The van der Waals surface area contributed by atoms with Crippen molar-refractivity contribution in [1.29, 1.82) is 0 Å². The van der Waals surface area contributed by atoms with E-state index in [0.717, 1.165) is 32.9 Å². The van der Waals surface area contributed by atoms with Crippen molar-refractivity contribution < 1.29 is 17.6 Å². The summed E-state index contributed by atoms with van der Waals surface area (Å²) in [6, 6.07) is 11.9. The number of hydrogen-bond acceptors (Lipinski definition) is 4. The quantitative estimate of drug-likeness (QED) is 0.556. The molecule has 0 radical (unpaired) electrons. The number of piperazine rings is 1. The van der Waals surface area contributed by atoms with Gasteiger partial charge in [0.2, 0.25) is 0 Å². The summed E-state index contributed by atoms with van der Waals surface area (Å²) in [6.07, 6.45) is -3.15. The van der Waals surface area contributed by atoms with Gasteiger partial charge in [-0.1, -0.05) is 36.4 Å². The lowest BCUT2D eigenvalue weighted by Crippen LogP contribution is -2.49. The summed E-state index contributed by atoms with van der Waals surface area (Å²) < 4.78 is 57.1. The number of aromatic nitrogens is 2. The van der Waals surface area contributed by atoms with Crippen LogP contribution in [-0.2, 0) is 25.7 Å². The molecule has 1 saturated heterocycles. The van der Waals surface area contributed by atoms with Crippen molar-refractivity contribution in [1.82, 2.24) is 14.5 Å². The molecule has 0 bridgehead atoms. The van der Waals surface area contributed by atoms with Crippen LogP contribution in [0.2, 0.25) is 0 Å². The molecule has 1 N–H and O–H groups in total. The van der Waals surface area contributed by atoms with Gasteiger partial charge in [-0.15, -0.1) is 0 Å². The number of anilines is 1. The van der Waals surface area contributed by atoms with E-state index in [2.05, 4.69) is 5.32 Å². The van der Waals surface area contributed by atoms with Crippen LogP contribution in [0, 0.1) is 5.82 Å². The first-order valence-corrected chi connectivity index (χ1v) is 10.9. The van der Waals surface area contributed by atoms with Gasteiger partial charge < -0.3 is 10.2 Å². The van der Waals surface area contributed by atoms with Gasteiger partial charge in [0.15, 0.2) is 0 Å². The predicted molar refractivity (Wildman–Crippen MR) is 121 cm³/mol. The van der Waals surface area contributed by atoms with Crippen LogP contribution in [-0.4, -0.2) is 35.3 Å². The second-order valence-corrected chi connectivity index (χ2v) is 8.12. The lowest BCUT2D eigenvalue weighted by Gasteiger charge is -2.29. The molecule has 4 rings (SSSR count). The van der Waals surface area contributed by atoms with E-state index >= 15 is 0 Å². The third-order valence-corrected chi connectivity index (χ3v) is 5.90. The molecule has 3 aromatic rings. The van der Waals surface area contributed by atoms with Gasteiger partial charge in [0.1, 0.15) is 11.5 Å². The molecule has 0 atom stereocenters. The van der Waals surface area contributed by atoms with E-state index in [1.165, 1.54) is 6.20 Å². The largest absolute Gasteiger partial charge is 0.416 e. The molecule has 2 aromatic carbocycles. The monoisotopic (exact) mass is 476 g/mol. The fourth-order valence-corrected chi connectivity index (χ4v) is 4.11. The van der Waals surface area contributed by atoms with E-state index in [-0.39, 0.29) is 12.2 Å². The predicted octanol–water partition coefficient (Wildman–Crippen LogP) is 2.87. The number of nitrogens with zero attached hydrogens (tertiary/aromatic N) is 3. The molecule has 0 unspecified atom stereocenters. The molecule has 1 aliphatic heterocycles. The van der Waals surface area contributed by atoms with E-state index < -0.39 is 40.9 Å². The van der Waals surface area contributed by atoms with Crippen molar-refractivity contribution in [3.63, 3.8) is 0 Å². The molecule has 10 heteroatoms. The minimum atomic E-state index is -4.79. The summed E-state index contributed by atoms with van der Waals surface area (Å²) in [5.74, 6) is -1.06. The average molecular weight is 476 g/mol. The second-order valence-electron chi connectivity index (χ2n) is 8.12. The first-order chi connectivity index (χ1) is 16.3. The van der Waals surface area contributed by atoms with Gasteiger partial charge >= 0.3 is 11.9 Å². The molecule has 0 spiro atoms. The Kier molecular flexibility index (Phi) is 6.87. The summed E-state index contributed by atoms with van der Waals surface area (Å²) >= 11 is 0. The molecular formula is C24H24F4N4O2. The Balaban J connectivity index is 1.80. The molecule has 2 heterocycles. The molecule has 6 nitrogen and oxygen atoms in total. The van der Waals surface area contributed by atoms with Crippen LogP contribution in [0.4, 0.5) is 23.2 Å². The number of nitrogens with one attached hydrogen (secondary N) is 1.